The highest BCUT2D eigenvalue weighted by Gasteiger charge is 2.16. The minimum atomic E-state index is 0.00940. The van der Waals surface area contributed by atoms with E-state index < -0.39 is 0 Å². The zero-order valence-corrected chi connectivity index (χ0v) is 12.7. The van der Waals surface area contributed by atoms with Gasteiger partial charge in [-0.05, 0) is 30.7 Å². The molecule has 0 radical (unpaired) electrons. The number of ether oxygens (including phenoxy) is 2. The van der Waals surface area contributed by atoms with Crippen LogP contribution in [-0.4, -0.2) is 30.7 Å². The van der Waals surface area contributed by atoms with Gasteiger partial charge in [0.2, 0.25) is 0 Å². The van der Waals surface area contributed by atoms with Crippen molar-refractivity contribution in [2.75, 3.05) is 20.8 Å². The summed E-state index contributed by atoms with van der Waals surface area (Å²) in [6, 6.07) is 5.88. The Morgan fingerprint density at radius 1 is 1.00 bits per heavy atom. The summed E-state index contributed by atoms with van der Waals surface area (Å²) in [5.74, 6) is 1.54. The number of methoxy groups -OCH3 is 2. The van der Waals surface area contributed by atoms with Crippen LogP contribution in [-0.2, 0) is 0 Å². The quantitative estimate of drug-likeness (QED) is 0.848. The molecule has 2 rings (SSSR count). The molecule has 5 heteroatoms. The van der Waals surface area contributed by atoms with Crippen LogP contribution in [0.5, 0.6) is 11.5 Å². The minimum Gasteiger partial charge on any atom is -0.497 e. The van der Waals surface area contributed by atoms with Crippen LogP contribution in [0.25, 0.3) is 0 Å². The lowest BCUT2D eigenvalue weighted by Crippen LogP contribution is -2.23. The highest BCUT2D eigenvalue weighted by atomic mass is 16.5. The van der Waals surface area contributed by atoms with Crippen LogP contribution in [0.3, 0.4) is 0 Å². The molecule has 0 fully saturated rings. The van der Waals surface area contributed by atoms with E-state index in [1.807, 2.05) is 30.6 Å². The molecule has 5 nitrogen and oxygen atoms in total. The van der Waals surface area contributed by atoms with Gasteiger partial charge in [-0.15, -0.1) is 0 Å². The summed E-state index contributed by atoms with van der Waals surface area (Å²) in [4.78, 5) is 8.22. The number of aromatic nitrogens is 2. The second-order valence-corrected chi connectivity index (χ2v) is 4.70. The number of benzene rings is 1. The summed E-state index contributed by atoms with van der Waals surface area (Å²) in [5, 5.41) is 3.51. The van der Waals surface area contributed by atoms with Crippen molar-refractivity contribution in [2.24, 2.45) is 0 Å². The largest absolute Gasteiger partial charge is 0.497 e. The van der Waals surface area contributed by atoms with E-state index in [1.165, 1.54) is 6.33 Å². The second-order valence-electron chi connectivity index (χ2n) is 4.70. The predicted octanol–water partition coefficient (Wildman–Crippen LogP) is 2.58. The summed E-state index contributed by atoms with van der Waals surface area (Å²) in [6.45, 7) is 3.04. The number of nitrogens with zero attached hydrogens (tertiary/aromatic N) is 2. The van der Waals surface area contributed by atoms with Crippen LogP contribution in [0.1, 0.15) is 30.5 Å². The molecule has 112 valence electrons. The average molecular weight is 287 g/mol. The van der Waals surface area contributed by atoms with Crippen molar-refractivity contribution in [1.29, 1.82) is 0 Å². The van der Waals surface area contributed by atoms with Gasteiger partial charge >= 0.3 is 0 Å². The van der Waals surface area contributed by atoms with Gasteiger partial charge in [-0.25, -0.2) is 9.97 Å². The van der Waals surface area contributed by atoms with Gasteiger partial charge in [-0.3, -0.25) is 0 Å². The average Bonchev–Trinajstić information content (AvgIpc) is 2.55. The maximum absolute atomic E-state index is 5.35. The van der Waals surface area contributed by atoms with Crippen LogP contribution in [0.4, 0.5) is 0 Å². The Morgan fingerprint density at radius 2 is 1.62 bits per heavy atom. The lowest BCUT2D eigenvalue weighted by molar-refractivity contribution is 0.392. The summed E-state index contributed by atoms with van der Waals surface area (Å²) in [6.07, 6.45) is 6.23. The molecule has 1 N–H and O–H groups in total. The van der Waals surface area contributed by atoms with Crippen LogP contribution >= 0.6 is 0 Å². The van der Waals surface area contributed by atoms with Gasteiger partial charge in [0.05, 0.1) is 20.3 Å². The van der Waals surface area contributed by atoms with Crippen molar-refractivity contribution >= 4 is 0 Å². The molecule has 2 aromatic rings. The Labute approximate surface area is 125 Å². The van der Waals surface area contributed by atoms with Crippen LogP contribution in [0.2, 0.25) is 0 Å². The zero-order valence-electron chi connectivity index (χ0n) is 12.7. The predicted molar refractivity (Wildman–Crippen MR) is 81.7 cm³/mol. The van der Waals surface area contributed by atoms with Crippen LogP contribution in [0, 0.1) is 0 Å². The molecule has 0 aliphatic rings. The van der Waals surface area contributed by atoms with E-state index in [-0.39, 0.29) is 6.04 Å². The smallest absolute Gasteiger partial charge is 0.122 e. The Balaban J connectivity index is 2.40. The summed E-state index contributed by atoms with van der Waals surface area (Å²) in [7, 11) is 3.30. The molecule has 0 spiro atoms. The first-order chi connectivity index (χ1) is 10.3. The first kappa shape index (κ1) is 15.3. The molecule has 0 aliphatic carbocycles. The van der Waals surface area contributed by atoms with Crippen molar-refractivity contribution < 1.29 is 9.47 Å². The van der Waals surface area contributed by atoms with E-state index in [1.54, 1.807) is 14.2 Å². The summed E-state index contributed by atoms with van der Waals surface area (Å²) >= 11 is 0. The third kappa shape index (κ3) is 3.92. The summed E-state index contributed by atoms with van der Waals surface area (Å²) in [5.41, 5.74) is 2.08. The van der Waals surface area contributed by atoms with E-state index in [9.17, 15) is 0 Å². The van der Waals surface area contributed by atoms with Gasteiger partial charge in [0, 0.05) is 24.0 Å². The van der Waals surface area contributed by atoms with Crippen molar-refractivity contribution in [2.45, 2.75) is 19.4 Å². The molecule has 0 amide bonds. The molecule has 1 aromatic heterocycles. The Morgan fingerprint density at radius 3 is 2.14 bits per heavy atom. The SMILES string of the molecule is CCCNC(c1cncnc1)c1cc(OC)cc(OC)c1. The molecule has 21 heavy (non-hydrogen) atoms. The van der Waals surface area contributed by atoms with Crippen LogP contribution < -0.4 is 14.8 Å². The molecule has 0 bridgehead atoms. The molecular weight excluding hydrogens is 266 g/mol. The van der Waals surface area contributed by atoms with Crippen LogP contribution in [0.15, 0.2) is 36.9 Å². The van der Waals surface area contributed by atoms with E-state index in [0.29, 0.717) is 0 Å². The van der Waals surface area contributed by atoms with E-state index >= 15 is 0 Å². The minimum absolute atomic E-state index is 0.00940. The van der Waals surface area contributed by atoms with Gasteiger partial charge in [0.15, 0.2) is 0 Å². The van der Waals surface area contributed by atoms with Gasteiger partial charge in [-0.2, -0.15) is 0 Å². The third-order valence-corrected chi connectivity index (χ3v) is 3.22. The first-order valence-electron chi connectivity index (χ1n) is 6.99. The molecule has 1 aromatic carbocycles. The lowest BCUT2D eigenvalue weighted by atomic mass is 10.0. The van der Waals surface area contributed by atoms with E-state index in [2.05, 4.69) is 22.2 Å². The molecule has 1 unspecified atom stereocenters. The summed E-state index contributed by atoms with van der Waals surface area (Å²) < 4.78 is 10.7. The molecule has 0 saturated carbocycles. The molecular formula is C16H21N3O2. The molecule has 1 heterocycles. The van der Waals surface area contributed by atoms with Gasteiger partial charge < -0.3 is 14.8 Å². The fourth-order valence-electron chi connectivity index (χ4n) is 2.17. The Hall–Kier alpha value is -2.14. The maximum atomic E-state index is 5.35. The molecule has 0 aliphatic heterocycles. The van der Waals surface area contributed by atoms with Crippen molar-refractivity contribution in [3.05, 3.63) is 48.0 Å². The van der Waals surface area contributed by atoms with Crippen molar-refractivity contribution in [3.8, 4) is 11.5 Å². The fraction of sp³-hybridized carbons (Fsp3) is 0.375. The van der Waals surface area contributed by atoms with E-state index in [0.717, 1.165) is 35.6 Å². The maximum Gasteiger partial charge on any atom is 0.122 e. The van der Waals surface area contributed by atoms with Gasteiger partial charge in [0.25, 0.3) is 0 Å². The molecule has 1 atom stereocenters. The third-order valence-electron chi connectivity index (χ3n) is 3.22. The fourth-order valence-corrected chi connectivity index (χ4v) is 2.17. The molecule has 0 saturated heterocycles. The number of nitrogens with one attached hydrogen (secondary N) is 1. The van der Waals surface area contributed by atoms with Gasteiger partial charge in [-0.1, -0.05) is 6.92 Å². The monoisotopic (exact) mass is 287 g/mol. The lowest BCUT2D eigenvalue weighted by Gasteiger charge is -2.20. The number of hydrogen-bond acceptors (Lipinski definition) is 5. The highest BCUT2D eigenvalue weighted by molar-refractivity contribution is 5.42. The standard InChI is InChI=1S/C16H21N3O2/c1-4-5-19-16(13-9-17-11-18-10-13)12-6-14(20-2)8-15(7-12)21-3/h6-11,16,19H,4-5H2,1-3H3. The highest BCUT2D eigenvalue weighted by Crippen LogP contribution is 2.29. The number of hydrogen-bond donors (Lipinski definition) is 1. The van der Waals surface area contributed by atoms with E-state index in [4.69, 9.17) is 9.47 Å². The number of rotatable bonds is 7. The Kier molecular flexibility index (Phi) is 5.51. The topological polar surface area (TPSA) is 56.3 Å². The second kappa shape index (κ2) is 7.59. The van der Waals surface area contributed by atoms with Crippen molar-refractivity contribution in [3.63, 3.8) is 0 Å². The van der Waals surface area contributed by atoms with Crippen molar-refractivity contribution in [1.82, 2.24) is 15.3 Å². The van der Waals surface area contributed by atoms with Gasteiger partial charge in [0.1, 0.15) is 17.8 Å². The normalized spacial score (nSPS) is 12.0. The Bertz CT molecular complexity index is 538. The zero-order chi connectivity index (χ0) is 15.1. The first-order valence-corrected chi connectivity index (χ1v) is 6.99.